The fourth-order valence-electron chi connectivity index (χ4n) is 1.82. The van der Waals surface area contributed by atoms with Crippen molar-refractivity contribution < 1.29 is 19.2 Å². The van der Waals surface area contributed by atoms with Gasteiger partial charge in [-0.15, -0.1) is 12.4 Å². The van der Waals surface area contributed by atoms with Gasteiger partial charge >= 0.3 is 5.97 Å². The van der Waals surface area contributed by atoms with E-state index in [9.17, 15) is 19.3 Å². The quantitative estimate of drug-likeness (QED) is 0.618. The standard InChI is InChI=1S/C12H15FN2O4.ClH/c1-2-5-14(8-12(16)17)7-9-6-10(13)3-4-11(9)15(18)19;/h3-4,6H,2,5,7-8H2,1H3,(H,16,17);1H. The summed E-state index contributed by atoms with van der Waals surface area (Å²) in [5, 5.41) is 19.6. The van der Waals surface area contributed by atoms with Crippen molar-refractivity contribution >= 4 is 24.1 Å². The van der Waals surface area contributed by atoms with Gasteiger partial charge in [-0.3, -0.25) is 19.8 Å². The number of hydrogen-bond acceptors (Lipinski definition) is 4. The van der Waals surface area contributed by atoms with Crippen LogP contribution in [0.4, 0.5) is 10.1 Å². The minimum atomic E-state index is -1.02. The van der Waals surface area contributed by atoms with Crippen molar-refractivity contribution in [1.29, 1.82) is 0 Å². The fraction of sp³-hybridized carbons (Fsp3) is 0.417. The van der Waals surface area contributed by atoms with E-state index in [0.717, 1.165) is 18.2 Å². The Kier molecular flexibility index (Phi) is 7.71. The summed E-state index contributed by atoms with van der Waals surface area (Å²) in [7, 11) is 0. The lowest BCUT2D eigenvalue weighted by Crippen LogP contribution is -2.30. The zero-order valence-electron chi connectivity index (χ0n) is 10.9. The predicted molar refractivity (Wildman–Crippen MR) is 73.5 cm³/mol. The highest BCUT2D eigenvalue weighted by atomic mass is 35.5. The van der Waals surface area contributed by atoms with Crippen LogP contribution in [0.15, 0.2) is 18.2 Å². The highest BCUT2D eigenvalue weighted by Gasteiger charge is 2.18. The smallest absolute Gasteiger partial charge is 0.317 e. The minimum absolute atomic E-state index is 0. The third-order valence-corrected chi connectivity index (χ3v) is 2.53. The molecule has 0 aliphatic rings. The van der Waals surface area contributed by atoms with E-state index in [4.69, 9.17) is 5.11 Å². The van der Waals surface area contributed by atoms with E-state index in [2.05, 4.69) is 0 Å². The van der Waals surface area contributed by atoms with Crippen LogP contribution in [0.1, 0.15) is 18.9 Å². The van der Waals surface area contributed by atoms with Crippen LogP contribution < -0.4 is 0 Å². The second-order valence-corrected chi connectivity index (χ2v) is 4.13. The number of carboxylic acids is 1. The van der Waals surface area contributed by atoms with E-state index in [-0.39, 0.29) is 36.7 Å². The average molecular weight is 307 g/mol. The Balaban J connectivity index is 0.00000361. The van der Waals surface area contributed by atoms with Gasteiger partial charge < -0.3 is 5.11 Å². The van der Waals surface area contributed by atoms with Gasteiger partial charge in [-0.25, -0.2) is 4.39 Å². The Morgan fingerprint density at radius 3 is 2.65 bits per heavy atom. The van der Waals surface area contributed by atoms with Gasteiger partial charge in [-0.1, -0.05) is 6.92 Å². The summed E-state index contributed by atoms with van der Waals surface area (Å²) in [6, 6.07) is 3.18. The van der Waals surface area contributed by atoms with Crippen LogP contribution in [0, 0.1) is 15.9 Å². The van der Waals surface area contributed by atoms with Crippen LogP contribution >= 0.6 is 12.4 Å². The first-order chi connectivity index (χ1) is 8.93. The Hall–Kier alpha value is -1.73. The second kappa shape index (κ2) is 8.44. The average Bonchev–Trinajstić information content (AvgIpc) is 2.27. The van der Waals surface area contributed by atoms with Crippen molar-refractivity contribution in [2.45, 2.75) is 19.9 Å². The summed E-state index contributed by atoms with van der Waals surface area (Å²) in [4.78, 5) is 22.5. The molecule has 0 radical (unpaired) electrons. The molecule has 0 aromatic heterocycles. The maximum absolute atomic E-state index is 13.2. The molecule has 1 N–H and O–H groups in total. The Labute approximate surface area is 121 Å². The van der Waals surface area contributed by atoms with Gasteiger partial charge in [0.25, 0.3) is 5.69 Å². The predicted octanol–water partition coefficient (Wildman–Crippen LogP) is 2.45. The third-order valence-electron chi connectivity index (χ3n) is 2.53. The van der Waals surface area contributed by atoms with Crippen molar-refractivity contribution in [1.82, 2.24) is 4.90 Å². The summed E-state index contributed by atoms with van der Waals surface area (Å²) in [6.07, 6.45) is 0.705. The second-order valence-electron chi connectivity index (χ2n) is 4.13. The van der Waals surface area contributed by atoms with Crippen molar-refractivity contribution in [2.75, 3.05) is 13.1 Å². The SMILES string of the molecule is CCCN(CC(=O)O)Cc1cc(F)ccc1[N+](=O)[O-].Cl. The maximum atomic E-state index is 13.2. The van der Waals surface area contributed by atoms with Crippen molar-refractivity contribution in [3.8, 4) is 0 Å². The Morgan fingerprint density at radius 1 is 1.50 bits per heavy atom. The van der Waals surface area contributed by atoms with Gasteiger partial charge in [0.15, 0.2) is 0 Å². The lowest BCUT2D eigenvalue weighted by molar-refractivity contribution is -0.385. The molecule has 8 heteroatoms. The summed E-state index contributed by atoms with van der Waals surface area (Å²) in [6.45, 7) is 2.14. The molecule has 0 saturated heterocycles. The van der Waals surface area contributed by atoms with Crippen LogP contribution in [-0.2, 0) is 11.3 Å². The lowest BCUT2D eigenvalue weighted by Gasteiger charge is -2.19. The Morgan fingerprint density at radius 2 is 2.15 bits per heavy atom. The molecule has 0 unspecified atom stereocenters. The van der Waals surface area contributed by atoms with Crippen molar-refractivity contribution in [3.05, 3.63) is 39.7 Å². The molecule has 0 aliphatic heterocycles. The summed E-state index contributed by atoms with van der Waals surface area (Å²) in [5.41, 5.74) is -0.0207. The summed E-state index contributed by atoms with van der Waals surface area (Å²) >= 11 is 0. The van der Waals surface area contributed by atoms with Crippen LogP contribution in [-0.4, -0.2) is 34.0 Å². The van der Waals surface area contributed by atoms with Crippen molar-refractivity contribution in [2.24, 2.45) is 0 Å². The molecule has 0 aliphatic carbocycles. The van der Waals surface area contributed by atoms with Gasteiger partial charge in [0.05, 0.1) is 11.5 Å². The molecular formula is C12H16ClFN2O4. The molecular weight excluding hydrogens is 291 g/mol. The largest absolute Gasteiger partial charge is 0.480 e. The van der Waals surface area contributed by atoms with Crippen molar-refractivity contribution in [3.63, 3.8) is 0 Å². The molecule has 112 valence electrons. The highest BCUT2D eigenvalue weighted by molar-refractivity contribution is 5.85. The van der Waals surface area contributed by atoms with Crippen LogP contribution in [0.25, 0.3) is 0 Å². The molecule has 0 amide bonds. The first-order valence-corrected chi connectivity index (χ1v) is 5.81. The Bertz CT molecular complexity index is 485. The van der Waals surface area contributed by atoms with Gasteiger partial charge in [0.1, 0.15) is 5.82 Å². The number of nitrogens with zero attached hydrogens (tertiary/aromatic N) is 2. The number of carboxylic acid groups (broad SMARTS) is 1. The van der Waals surface area contributed by atoms with Crippen LogP contribution in [0.2, 0.25) is 0 Å². The summed E-state index contributed by atoms with van der Waals surface area (Å²) < 4.78 is 13.2. The minimum Gasteiger partial charge on any atom is -0.480 e. The number of aliphatic carboxylic acids is 1. The van der Waals surface area contributed by atoms with Gasteiger partial charge in [-0.05, 0) is 25.1 Å². The van der Waals surface area contributed by atoms with E-state index in [1.807, 2.05) is 6.92 Å². The molecule has 20 heavy (non-hydrogen) atoms. The molecule has 0 saturated carbocycles. The topological polar surface area (TPSA) is 83.7 Å². The molecule has 1 aromatic carbocycles. The number of nitro groups is 1. The number of carbonyl (C=O) groups is 1. The van der Waals surface area contributed by atoms with Gasteiger partial charge in [0.2, 0.25) is 0 Å². The lowest BCUT2D eigenvalue weighted by atomic mass is 10.1. The molecule has 6 nitrogen and oxygen atoms in total. The van der Waals surface area contributed by atoms with E-state index in [1.165, 1.54) is 4.90 Å². The molecule has 0 spiro atoms. The number of nitro benzene ring substituents is 1. The van der Waals surface area contributed by atoms with Gasteiger partial charge in [0, 0.05) is 18.2 Å². The number of hydrogen-bond donors (Lipinski definition) is 1. The molecule has 0 fully saturated rings. The normalized spacial score (nSPS) is 10.2. The number of rotatable bonds is 7. The maximum Gasteiger partial charge on any atom is 0.317 e. The fourth-order valence-corrected chi connectivity index (χ4v) is 1.82. The first-order valence-electron chi connectivity index (χ1n) is 5.81. The van der Waals surface area contributed by atoms with Gasteiger partial charge in [-0.2, -0.15) is 0 Å². The van der Waals surface area contributed by atoms with E-state index in [1.54, 1.807) is 0 Å². The number of benzene rings is 1. The zero-order valence-corrected chi connectivity index (χ0v) is 11.7. The third kappa shape index (κ3) is 5.50. The highest BCUT2D eigenvalue weighted by Crippen LogP contribution is 2.21. The zero-order chi connectivity index (χ0) is 14.4. The monoisotopic (exact) mass is 306 g/mol. The van der Waals surface area contributed by atoms with E-state index in [0.29, 0.717) is 13.0 Å². The van der Waals surface area contributed by atoms with E-state index < -0.39 is 16.7 Å². The first kappa shape index (κ1) is 18.3. The molecule has 0 heterocycles. The van der Waals surface area contributed by atoms with E-state index >= 15 is 0 Å². The number of halogens is 2. The molecule has 0 atom stereocenters. The molecule has 1 rings (SSSR count). The van der Waals surface area contributed by atoms with Crippen LogP contribution in [0.5, 0.6) is 0 Å². The van der Waals surface area contributed by atoms with Crippen LogP contribution in [0.3, 0.4) is 0 Å². The summed E-state index contributed by atoms with van der Waals surface area (Å²) in [5.74, 6) is -1.60. The molecule has 1 aromatic rings. The molecule has 0 bridgehead atoms.